The molecule has 0 bridgehead atoms. The number of hydrogen-bond donors (Lipinski definition) is 1. The number of rotatable bonds is 1. The lowest BCUT2D eigenvalue weighted by atomic mass is 9.95. The van der Waals surface area contributed by atoms with Crippen LogP contribution in [-0.4, -0.2) is 37.4 Å². The van der Waals surface area contributed by atoms with Crippen molar-refractivity contribution in [2.24, 2.45) is 0 Å². The molecule has 76 valence electrons. The number of ether oxygens (including phenoxy) is 2. The van der Waals surface area contributed by atoms with Gasteiger partial charge in [-0.05, 0) is 20.8 Å². The van der Waals surface area contributed by atoms with Gasteiger partial charge in [0.05, 0.1) is 19.3 Å². The third-order valence-electron chi connectivity index (χ3n) is 2.29. The largest absolute Gasteiger partial charge is 0.468 e. The van der Waals surface area contributed by atoms with Crippen LogP contribution in [0.5, 0.6) is 0 Å². The maximum absolute atomic E-state index is 11.4. The summed E-state index contributed by atoms with van der Waals surface area (Å²) in [6, 6.07) is -0.182. The van der Waals surface area contributed by atoms with E-state index in [-0.39, 0.29) is 18.1 Å². The van der Waals surface area contributed by atoms with E-state index in [1.54, 1.807) is 0 Å². The van der Waals surface area contributed by atoms with Crippen LogP contribution in [0.3, 0.4) is 0 Å². The van der Waals surface area contributed by atoms with E-state index in [2.05, 4.69) is 5.32 Å². The molecule has 4 nitrogen and oxygen atoms in total. The predicted molar refractivity (Wildman–Crippen MR) is 48.4 cm³/mol. The van der Waals surface area contributed by atoms with Crippen molar-refractivity contribution >= 4 is 5.97 Å². The molecule has 1 rings (SSSR count). The summed E-state index contributed by atoms with van der Waals surface area (Å²) in [5.74, 6) is -0.267. The molecule has 2 unspecified atom stereocenters. The molecule has 1 aliphatic rings. The molecule has 1 heterocycles. The number of morpholine rings is 1. The van der Waals surface area contributed by atoms with E-state index in [1.165, 1.54) is 7.11 Å². The molecule has 0 radical (unpaired) electrons. The molecule has 2 atom stereocenters. The molecule has 0 saturated carbocycles. The van der Waals surface area contributed by atoms with Crippen LogP contribution in [0.2, 0.25) is 0 Å². The zero-order valence-corrected chi connectivity index (χ0v) is 8.59. The first-order valence-corrected chi connectivity index (χ1v) is 4.45. The van der Waals surface area contributed by atoms with Gasteiger partial charge in [0.2, 0.25) is 0 Å². The van der Waals surface area contributed by atoms with Crippen molar-refractivity contribution in [2.45, 2.75) is 38.5 Å². The van der Waals surface area contributed by atoms with Crippen molar-refractivity contribution in [2.75, 3.05) is 13.7 Å². The molecule has 0 spiro atoms. The van der Waals surface area contributed by atoms with Crippen LogP contribution in [-0.2, 0) is 14.3 Å². The Kier molecular flexibility index (Phi) is 2.93. The van der Waals surface area contributed by atoms with Gasteiger partial charge in [0.15, 0.2) is 0 Å². The lowest BCUT2D eigenvalue weighted by molar-refractivity contribution is -0.159. The van der Waals surface area contributed by atoms with Gasteiger partial charge >= 0.3 is 5.97 Å². The van der Waals surface area contributed by atoms with E-state index in [4.69, 9.17) is 9.47 Å². The quantitative estimate of drug-likeness (QED) is 0.600. The first kappa shape index (κ1) is 10.5. The summed E-state index contributed by atoms with van der Waals surface area (Å²) in [6.07, 6.45) is 0. The highest BCUT2D eigenvalue weighted by Crippen LogP contribution is 2.20. The van der Waals surface area contributed by atoms with Crippen molar-refractivity contribution in [3.8, 4) is 0 Å². The first-order chi connectivity index (χ1) is 5.97. The Morgan fingerprint density at radius 1 is 1.62 bits per heavy atom. The Hall–Kier alpha value is -0.610. The maximum Gasteiger partial charge on any atom is 0.325 e. The van der Waals surface area contributed by atoms with Gasteiger partial charge in [0, 0.05) is 6.04 Å². The highest BCUT2D eigenvalue weighted by molar-refractivity contribution is 5.77. The molecule has 0 aromatic carbocycles. The smallest absolute Gasteiger partial charge is 0.325 e. The molecule has 1 N–H and O–H groups in total. The Morgan fingerprint density at radius 3 is 2.77 bits per heavy atom. The normalized spacial score (nSPS) is 32.6. The van der Waals surface area contributed by atoms with Crippen LogP contribution in [0.15, 0.2) is 0 Å². The number of carbonyl (C=O) groups is 1. The number of nitrogens with one attached hydrogen (secondary N) is 1. The monoisotopic (exact) mass is 187 g/mol. The van der Waals surface area contributed by atoms with Crippen LogP contribution in [0, 0.1) is 0 Å². The lowest BCUT2D eigenvalue weighted by Gasteiger charge is -2.40. The van der Waals surface area contributed by atoms with Gasteiger partial charge in [-0.2, -0.15) is 0 Å². The zero-order valence-electron chi connectivity index (χ0n) is 8.59. The average molecular weight is 187 g/mol. The summed E-state index contributed by atoms with van der Waals surface area (Å²) in [6.45, 7) is 6.37. The summed E-state index contributed by atoms with van der Waals surface area (Å²) in [4.78, 5) is 11.4. The molecule has 4 heteroatoms. The fourth-order valence-corrected chi connectivity index (χ4v) is 1.43. The third-order valence-corrected chi connectivity index (χ3v) is 2.29. The van der Waals surface area contributed by atoms with E-state index in [9.17, 15) is 4.79 Å². The number of hydrogen-bond acceptors (Lipinski definition) is 4. The first-order valence-electron chi connectivity index (χ1n) is 4.45. The summed E-state index contributed by atoms with van der Waals surface area (Å²) >= 11 is 0. The fraction of sp³-hybridized carbons (Fsp3) is 0.889. The molecule has 1 aliphatic heterocycles. The Bertz CT molecular complexity index is 203. The van der Waals surface area contributed by atoms with Gasteiger partial charge in [-0.1, -0.05) is 0 Å². The van der Waals surface area contributed by atoms with Gasteiger partial charge in [-0.3, -0.25) is 10.1 Å². The van der Waals surface area contributed by atoms with Crippen LogP contribution < -0.4 is 5.32 Å². The van der Waals surface area contributed by atoms with E-state index < -0.39 is 5.60 Å². The molecular formula is C9H17NO3. The Balaban J connectivity index is 2.72. The van der Waals surface area contributed by atoms with E-state index in [0.29, 0.717) is 6.61 Å². The molecule has 1 saturated heterocycles. The maximum atomic E-state index is 11.4. The summed E-state index contributed by atoms with van der Waals surface area (Å²) in [5.41, 5.74) is -0.487. The Morgan fingerprint density at radius 2 is 2.23 bits per heavy atom. The second kappa shape index (κ2) is 3.64. The van der Waals surface area contributed by atoms with E-state index in [0.717, 1.165) is 0 Å². The van der Waals surface area contributed by atoms with Crippen LogP contribution in [0.1, 0.15) is 20.8 Å². The molecule has 0 amide bonds. The molecule has 0 aliphatic carbocycles. The lowest BCUT2D eigenvalue weighted by Crippen LogP contribution is -2.62. The third kappa shape index (κ3) is 2.19. The molecule has 13 heavy (non-hydrogen) atoms. The molecule has 0 aromatic heterocycles. The second-order valence-electron chi connectivity index (χ2n) is 3.94. The van der Waals surface area contributed by atoms with Gasteiger partial charge < -0.3 is 9.47 Å². The van der Waals surface area contributed by atoms with Crippen LogP contribution >= 0.6 is 0 Å². The van der Waals surface area contributed by atoms with Crippen molar-refractivity contribution in [3.63, 3.8) is 0 Å². The minimum absolute atomic E-state index is 0.192. The molecular weight excluding hydrogens is 170 g/mol. The number of carbonyl (C=O) groups excluding carboxylic acids is 1. The summed E-state index contributed by atoms with van der Waals surface area (Å²) in [5, 5.41) is 3.16. The van der Waals surface area contributed by atoms with Gasteiger partial charge in [0.1, 0.15) is 6.04 Å². The number of methoxy groups -OCH3 is 1. The van der Waals surface area contributed by atoms with Crippen molar-refractivity contribution in [1.82, 2.24) is 5.32 Å². The average Bonchev–Trinajstić information content (AvgIpc) is 2.08. The van der Waals surface area contributed by atoms with Crippen molar-refractivity contribution in [1.29, 1.82) is 0 Å². The second-order valence-corrected chi connectivity index (χ2v) is 3.94. The van der Waals surface area contributed by atoms with Crippen LogP contribution in [0.4, 0.5) is 0 Å². The van der Waals surface area contributed by atoms with E-state index in [1.807, 2.05) is 20.8 Å². The minimum atomic E-state index is -0.487. The fourth-order valence-electron chi connectivity index (χ4n) is 1.43. The highest BCUT2D eigenvalue weighted by Gasteiger charge is 2.41. The summed E-state index contributed by atoms with van der Waals surface area (Å²) in [7, 11) is 1.39. The Labute approximate surface area is 78.6 Å². The number of esters is 1. The van der Waals surface area contributed by atoms with Crippen molar-refractivity contribution in [3.05, 3.63) is 0 Å². The van der Waals surface area contributed by atoms with Crippen molar-refractivity contribution < 1.29 is 14.3 Å². The standard InChI is InChI=1S/C9H17NO3/c1-6-5-13-9(2,3)7(10-6)8(11)12-4/h6-7,10H,5H2,1-4H3. The van der Waals surface area contributed by atoms with Gasteiger partial charge in [0.25, 0.3) is 0 Å². The topological polar surface area (TPSA) is 47.6 Å². The van der Waals surface area contributed by atoms with Gasteiger partial charge in [-0.15, -0.1) is 0 Å². The summed E-state index contributed by atoms with van der Waals surface area (Å²) < 4.78 is 10.2. The van der Waals surface area contributed by atoms with Gasteiger partial charge in [-0.25, -0.2) is 0 Å². The van der Waals surface area contributed by atoms with Crippen LogP contribution in [0.25, 0.3) is 0 Å². The molecule has 1 fully saturated rings. The predicted octanol–water partition coefficient (Wildman–Crippen LogP) is 0.315. The van der Waals surface area contributed by atoms with E-state index >= 15 is 0 Å². The highest BCUT2D eigenvalue weighted by atomic mass is 16.5. The SMILES string of the molecule is COC(=O)C1NC(C)COC1(C)C. The molecule has 0 aromatic rings. The minimum Gasteiger partial charge on any atom is -0.468 e. The zero-order chi connectivity index (χ0) is 10.1.